The molecule has 0 aliphatic carbocycles. The fourth-order valence-electron chi connectivity index (χ4n) is 1.36. The van der Waals surface area contributed by atoms with Crippen molar-refractivity contribution in [2.24, 2.45) is 5.73 Å². The van der Waals surface area contributed by atoms with E-state index >= 15 is 0 Å². The highest BCUT2D eigenvalue weighted by Crippen LogP contribution is 2.24. The molecule has 0 radical (unpaired) electrons. The van der Waals surface area contributed by atoms with Gasteiger partial charge < -0.3 is 10.5 Å². The van der Waals surface area contributed by atoms with Crippen LogP contribution in [0, 0.1) is 18.3 Å². The first-order valence-electron chi connectivity index (χ1n) is 4.00. The van der Waals surface area contributed by atoms with Crippen molar-refractivity contribution in [1.82, 2.24) is 0 Å². The molecule has 3 nitrogen and oxygen atoms in total. The first kappa shape index (κ1) is 9.56. The van der Waals surface area contributed by atoms with E-state index < -0.39 is 0 Å². The molecule has 1 aromatic carbocycles. The minimum Gasteiger partial charge on any atom is -0.496 e. The minimum atomic E-state index is 0.388. The second kappa shape index (κ2) is 3.92. The molecule has 0 saturated carbocycles. The Morgan fingerprint density at radius 2 is 2.23 bits per heavy atom. The summed E-state index contributed by atoms with van der Waals surface area (Å²) >= 11 is 0. The van der Waals surface area contributed by atoms with Crippen molar-refractivity contribution < 1.29 is 4.74 Å². The van der Waals surface area contributed by atoms with E-state index in [9.17, 15) is 0 Å². The van der Waals surface area contributed by atoms with Gasteiger partial charge in [0.25, 0.3) is 0 Å². The van der Waals surface area contributed by atoms with Gasteiger partial charge >= 0.3 is 0 Å². The van der Waals surface area contributed by atoms with Crippen molar-refractivity contribution in [2.45, 2.75) is 13.5 Å². The number of nitriles is 1. The van der Waals surface area contributed by atoms with Crippen LogP contribution in [0.25, 0.3) is 0 Å². The lowest BCUT2D eigenvalue weighted by atomic mass is 10.1. The third kappa shape index (κ3) is 1.79. The van der Waals surface area contributed by atoms with E-state index in [-0.39, 0.29) is 0 Å². The summed E-state index contributed by atoms with van der Waals surface area (Å²) in [4.78, 5) is 0. The first-order valence-corrected chi connectivity index (χ1v) is 4.00. The van der Waals surface area contributed by atoms with Crippen LogP contribution in [0.3, 0.4) is 0 Å². The summed E-state index contributed by atoms with van der Waals surface area (Å²) in [5.41, 5.74) is 7.97. The Morgan fingerprint density at radius 3 is 2.69 bits per heavy atom. The molecule has 0 aliphatic rings. The molecule has 1 rings (SSSR count). The second-order valence-electron chi connectivity index (χ2n) is 2.80. The Labute approximate surface area is 77.7 Å². The molecule has 0 bridgehead atoms. The Hall–Kier alpha value is -1.53. The van der Waals surface area contributed by atoms with Gasteiger partial charge in [-0.15, -0.1) is 0 Å². The Bertz CT molecular complexity index is 353. The summed E-state index contributed by atoms with van der Waals surface area (Å²) in [5, 5.41) is 8.71. The summed E-state index contributed by atoms with van der Waals surface area (Å²) < 4.78 is 5.18. The summed E-state index contributed by atoms with van der Waals surface area (Å²) in [6.45, 7) is 2.29. The quantitative estimate of drug-likeness (QED) is 0.739. The van der Waals surface area contributed by atoms with Crippen LogP contribution >= 0.6 is 0 Å². The molecule has 0 aromatic heterocycles. The summed E-state index contributed by atoms with van der Waals surface area (Å²) in [6.07, 6.45) is 0. The monoisotopic (exact) mass is 176 g/mol. The van der Waals surface area contributed by atoms with Crippen molar-refractivity contribution in [1.29, 1.82) is 5.26 Å². The van der Waals surface area contributed by atoms with E-state index in [2.05, 4.69) is 6.07 Å². The van der Waals surface area contributed by atoms with Gasteiger partial charge in [0.05, 0.1) is 18.7 Å². The van der Waals surface area contributed by atoms with Crippen LogP contribution in [0.15, 0.2) is 12.1 Å². The Balaban J connectivity index is 3.31. The maximum absolute atomic E-state index is 8.71. The van der Waals surface area contributed by atoms with Crippen molar-refractivity contribution >= 4 is 0 Å². The number of nitrogens with zero attached hydrogens (tertiary/aromatic N) is 1. The van der Waals surface area contributed by atoms with Crippen LogP contribution in [-0.2, 0) is 6.54 Å². The van der Waals surface area contributed by atoms with Gasteiger partial charge in [-0.2, -0.15) is 5.26 Å². The second-order valence-corrected chi connectivity index (χ2v) is 2.80. The zero-order valence-electron chi connectivity index (χ0n) is 7.79. The summed E-state index contributed by atoms with van der Waals surface area (Å²) in [6, 6.07) is 5.63. The number of benzene rings is 1. The molecule has 0 heterocycles. The molecular weight excluding hydrogens is 164 g/mol. The molecule has 3 heteroatoms. The Kier molecular flexibility index (Phi) is 2.88. The number of aryl methyl sites for hydroxylation is 1. The van der Waals surface area contributed by atoms with Gasteiger partial charge in [0.15, 0.2) is 0 Å². The predicted molar refractivity (Wildman–Crippen MR) is 50.3 cm³/mol. The largest absolute Gasteiger partial charge is 0.496 e. The average Bonchev–Trinajstić information content (AvgIpc) is 2.16. The molecule has 68 valence electrons. The molecule has 0 amide bonds. The highest BCUT2D eigenvalue weighted by atomic mass is 16.5. The van der Waals surface area contributed by atoms with Gasteiger partial charge in [-0.3, -0.25) is 0 Å². The van der Waals surface area contributed by atoms with Crippen LogP contribution in [0.5, 0.6) is 5.75 Å². The fourth-order valence-corrected chi connectivity index (χ4v) is 1.36. The minimum absolute atomic E-state index is 0.388. The predicted octanol–water partition coefficient (Wildman–Crippen LogP) is 1.33. The molecule has 2 N–H and O–H groups in total. The maximum atomic E-state index is 8.71. The van der Waals surface area contributed by atoms with E-state index in [1.807, 2.05) is 6.92 Å². The van der Waals surface area contributed by atoms with E-state index in [1.165, 1.54) is 0 Å². The SMILES string of the molecule is COc1c(C)cc(C#N)cc1CN. The highest BCUT2D eigenvalue weighted by Gasteiger charge is 2.06. The van der Waals surface area contributed by atoms with E-state index in [0.717, 1.165) is 16.9 Å². The molecule has 13 heavy (non-hydrogen) atoms. The molecule has 0 fully saturated rings. The van der Waals surface area contributed by atoms with Crippen LogP contribution in [0.4, 0.5) is 0 Å². The third-order valence-corrected chi connectivity index (χ3v) is 1.90. The fraction of sp³-hybridized carbons (Fsp3) is 0.300. The number of hydrogen-bond donors (Lipinski definition) is 1. The van der Waals surface area contributed by atoms with Crippen LogP contribution in [-0.4, -0.2) is 7.11 Å². The number of methoxy groups -OCH3 is 1. The van der Waals surface area contributed by atoms with Crippen LogP contribution in [0.2, 0.25) is 0 Å². The van der Waals surface area contributed by atoms with E-state index in [4.69, 9.17) is 15.7 Å². The number of ether oxygens (including phenoxy) is 1. The van der Waals surface area contributed by atoms with E-state index in [0.29, 0.717) is 12.1 Å². The first-order chi connectivity index (χ1) is 6.22. The van der Waals surface area contributed by atoms with Crippen LogP contribution in [0.1, 0.15) is 16.7 Å². The number of hydrogen-bond acceptors (Lipinski definition) is 3. The topological polar surface area (TPSA) is 59.0 Å². The van der Waals surface area contributed by atoms with Crippen molar-refractivity contribution in [3.8, 4) is 11.8 Å². The van der Waals surface area contributed by atoms with Crippen molar-refractivity contribution in [3.05, 3.63) is 28.8 Å². The molecular formula is C10H12N2O. The average molecular weight is 176 g/mol. The number of rotatable bonds is 2. The summed E-state index contributed by atoms with van der Waals surface area (Å²) in [7, 11) is 1.60. The van der Waals surface area contributed by atoms with Crippen molar-refractivity contribution in [2.75, 3.05) is 7.11 Å². The lowest BCUT2D eigenvalue weighted by Gasteiger charge is -2.09. The van der Waals surface area contributed by atoms with Crippen LogP contribution < -0.4 is 10.5 Å². The Morgan fingerprint density at radius 1 is 1.54 bits per heavy atom. The highest BCUT2D eigenvalue weighted by molar-refractivity contribution is 5.47. The van der Waals surface area contributed by atoms with Crippen molar-refractivity contribution in [3.63, 3.8) is 0 Å². The lowest BCUT2D eigenvalue weighted by Crippen LogP contribution is -2.02. The summed E-state index contributed by atoms with van der Waals surface area (Å²) in [5.74, 6) is 0.779. The lowest BCUT2D eigenvalue weighted by molar-refractivity contribution is 0.406. The molecule has 1 aromatic rings. The van der Waals surface area contributed by atoms with Gasteiger partial charge in [0.2, 0.25) is 0 Å². The van der Waals surface area contributed by atoms with E-state index in [1.54, 1.807) is 19.2 Å². The third-order valence-electron chi connectivity index (χ3n) is 1.90. The standard InChI is InChI=1S/C10H12N2O/c1-7-3-8(5-11)4-9(6-12)10(7)13-2/h3-4H,6,12H2,1-2H3. The molecule has 0 spiro atoms. The molecule has 0 atom stereocenters. The van der Waals surface area contributed by atoms with Gasteiger partial charge in [-0.05, 0) is 24.6 Å². The van der Waals surface area contributed by atoms with Gasteiger partial charge in [-0.25, -0.2) is 0 Å². The smallest absolute Gasteiger partial charge is 0.126 e. The normalized spacial score (nSPS) is 9.38. The zero-order valence-corrected chi connectivity index (χ0v) is 7.79. The number of nitrogens with two attached hydrogens (primary N) is 1. The van der Waals surface area contributed by atoms with Gasteiger partial charge in [0, 0.05) is 12.1 Å². The van der Waals surface area contributed by atoms with Gasteiger partial charge in [-0.1, -0.05) is 0 Å². The molecule has 0 unspecified atom stereocenters. The van der Waals surface area contributed by atoms with Gasteiger partial charge in [0.1, 0.15) is 5.75 Å². The molecule has 0 saturated heterocycles. The molecule has 0 aliphatic heterocycles. The maximum Gasteiger partial charge on any atom is 0.126 e. The zero-order chi connectivity index (χ0) is 9.84.